The van der Waals surface area contributed by atoms with E-state index in [1.54, 1.807) is 31.2 Å². The SMILES string of the molecule is CCC(CC(=O)c1ccccc1OC)C(=O)O. The Kier molecular flexibility index (Phi) is 4.69. The van der Waals surface area contributed by atoms with Crippen molar-refractivity contribution in [3.63, 3.8) is 0 Å². The molecule has 0 spiro atoms. The Hall–Kier alpha value is -1.84. The zero-order valence-corrected chi connectivity index (χ0v) is 9.97. The predicted molar refractivity (Wildman–Crippen MR) is 63.4 cm³/mol. The number of Topliss-reactive ketones (excluding diaryl/α,β-unsaturated/α-hetero) is 1. The Morgan fingerprint density at radius 1 is 1.35 bits per heavy atom. The molecule has 0 aromatic heterocycles. The molecular weight excluding hydrogens is 220 g/mol. The normalized spacial score (nSPS) is 11.9. The minimum Gasteiger partial charge on any atom is -0.496 e. The van der Waals surface area contributed by atoms with E-state index < -0.39 is 11.9 Å². The molecule has 0 saturated heterocycles. The summed E-state index contributed by atoms with van der Waals surface area (Å²) in [5.41, 5.74) is 0.440. The number of rotatable bonds is 6. The first-order chi connectivity index (χ1) is 8.10. The number of benzene rings is 1. The van der Waals surface area contributed by atoms with E-state index in [0.29, 0.717) is 17.7 Å². The number of carboxylic acids is 1. The summed E-state index contributed by atoms with van der Waals surface area (Å²) in [4.78, 5) is 22.8. The van der Waals surface area contributed by atoms with Gasteiger partial charge in [0.2, 0.25) is 0 Å². The van der Waals surface area contributed by atoms with Crippen LogP contribution in [-0.4, -0.2) is 24.0 Å². The molecular formula is C13H16O4. The average Bonchev–Trinajstić information content (AvgIpc) is 2.35. The number of aliphatic carboxylic acids is 1. The fourth-order valence-corrected chi connectivity index (χ4v) is 1.62. The maximum Gasteiger partial charge on any atom is 0.306 e. The summed E-state index contributed by atoms with van der Waals surface area (Å²) in [5, 5.41) is 8.91. The van der Waals surface area contributed by atoms with Crippen LogP contribution in [0.25, 0.3) is 0 Å². The number of hydrogen-bond acceptors (Lipinski definition) is 3. The molecule has 1 rings (SSSR count). The number of hydrogen-bond donors (Lipinski definition) is 1. The average molecular weight is 236 g/mol. The highest BCUT2D eigenvalue weighted by molar-refractivity contribution is 6.00. The van der Waals surface area contributed by atoms with Crippen LogP contribution in [0.5, 0.6) is 5.75 Å². The lowest BCUT2D eigenvalue weighted by molar-refractivity contribution is -0.141. The molecule has 1 unspecified atom stereocenters. The van der Waals surface area contributed by atoms with E-state index in [0.717, 1.165) is 0 Å². The van der Waals surface area contributed by atoms with E-state index in [1.165, 1.54) is 7.11 Å². The van der Waals surface area contributed by atoms with Gasteiger partial charge < -0.3 is 9.84 Å². The number of carbonyl (C=O) groups excluding carboxylic acids is 1. The number of methoxy groups -OCH3 is 1. The summed E-state index contributed by atoms with van der Waals surface area (Å²) in [7, 11) is 1.49. The molecule has 0 saturated carbocycles. The summed E-state index contributed by atoms with van der Waals surface area (Å²) in [6.45, 7) is 1.76. The van der Waals surface area contributed by atoms with Crippen LogP contribution in [0.15, 0.2) is 24.3 Å². The predicted octanol–water partition coefficient (Wildman–Crippen LogP) is 2.38. The van der Waals surface area contributed by atoms with Crippen LogP contribution >= 0.6 is 0 Å². The van der Waals surface area contributed by atoms with Gasteiger partial charge in [-0.25, -0.2) is 0 Å². The maximum absolute atomic E-state index is 12.0. The fraction of sp³-hybridized carbons (Fsp3) is 0.385. The van der Waals surface area contributed by atoms with Gasteiger partial charge in [0.15, 0.2) is 5.78 Å². The molecule has 0 aliphatic carbocycles. The largest absolute Gasteiger partial charge is 0.496 e. The van der Waals surface area contributed by atoms with Crippen molar-refractivity contribution in [3.8, 4) is 5.75 Å². The van der Waals surface area contributed by atoms with Gasteiger partial charge >= 0.3 is 5.97 Å². The molecule has 0 aliphatic heterocycles. The van der Waals surface area contributed by atoms with Crippen LogP contribution in [0.2, 0.25) is 0 Å². The first-order valence-corrected chi connectivity index (χ1v) is 5.49. The topological polar surface area (TPSA) is 63.6 Å². The zero-order valence-electron chi connectivity index (χ0n) is 9.97. The fourth-order valence-electron chi connectivity index (χ4n) is 1.62. The van der Waals surface area contributed by atoms with Crippen molar-refractivity contribution in [2.24, 2.45) is 5.92 Å². The van der Waals surface area contributed by atoms with E-state index >= 15 is 0 Å². The molecule has 4 nitrogen and oxygen atoms in total. The molecule has 1 aromatic carbocycles. The Morgan fingerprint density at radius 2 is 2.00 bits per heavy atom. The molecule has 0 bridgehead atoms. The smallest absolute Gasteiger partial charge is 0.306 e. The summed E-state index contributed by atoms with van der Waals surface area (Å²) in [6, 6.07) is 6.84. The molecule has 1 atom stereocenters. The van der Waals surface area contributed by atoms with Gasteiger partial charge in [-0.3, -0.25) is 9.59 Å². The van der Waals surface area contributed by atoms with E-state index in [2.05, 4.69) is 0 Å². The van der Waals surface area contributed by atoms with Gasteiger partial charge in [-0.15, -0.1) is 0 Å². The molecule has 0 aliphatic rings. The van der Waals surface area contributed by atoms with Crippen LogP contribution in [0.1, 0.15) is 30.1 Å². The highest BCUT2D eigenvalue weighted by Crippen LogP contribution is 2.21. The lowest BCUT2D eigenvalue weighted by atomic mass is 9.96. The van der Waals surface area contributed by atoms with Crippen LogP contribution in [0.3, 0.4) is 0 Å². The third-order valence-corrected chi connectivity index (χ3v) is 2.68. The zero-order chi connectivity index (χ0) is 12.8. The minimum absolute atomic E-state index is 0.00616. The van der Waals surface area contributed by atoms with Gasteiger partial charge in [-0.2, -0.15) is 0 Å². The van der Waals surface area contributed by atoms with Crippen molar-refractivity contribution in [2.75, 3.05) is 7.11 Å². The van der Waals surface area contributed by atoms with Crippen LogP contribution in [0.4, 0.5) is 0 Å². The Balaban J connectivity index is 2.86. The minimum atomic E-state index is -0.934. The second kappa shape index (κ2) is 6.03. The highest BCUT2D eigenvalue weighted by atomic mass is 16.5. The van der Waals surface area contributed by atoms with Gasteiger partial charge in [-0.1, -0.05) is 19.1 Å². The molecule has 17 heavy (non-hydrogen) atoms. The first kappa shape index (κ1) is 13.2. The molecule has 0 fully saturated rings. The van der Waals surface area contributed by atoms with E-state index in [4.69, 9.17) is 9.84 Å². The summed E-state index contributed by atoms with van der Waals surface area (Å²) in [5.74, 6) is -1.28. The quantitative estimate of drug-likeness (QED) is 0.770. The number of para-hydroxylation sites is 1. The lowest BCUT2D eigenvalue weighted by Crippen LogP contribution is -2.17. The second-order valence-electron chi connectivity index (χ2n) is 3.77. The summed E-state index contributed by atoms with van der Waals surface area (Å²) in [6.07, 6.45) is 0.447. The first-order valence-electron chi connectivity index (χ1n) is 5.49. The third kappa shape index (κ3) is 3.31. The molecule has 4 heteroatoms. The van der Waals surface area contributed by atoms with Gasteiger partial charge in [0.25, 0.3) is 0 Å². The number of ether oxygens (including phenoxy) is 1. The van der Waals surface area contributed by atoms with Crippen molar-refractivity contribution in [3.05, 3.63) is 29.8 Å². The van der Waals surface area contributed by atoms with Crippen molar-refractivity contribution < 1.29 is 19.4 Å². The molecule has 0 amide bonds. The van der Waals surface area contributed by atoms with Gasteiger partial charge in [0.1, 0.15) is 5.75 Å². The van der Waals surface area contributed by atoms with Gasteiger partial charge in [0, 0.05) is 6.42 Å². The second-order valence-corrected chi connectivity index (χ2v) is 3.77. The Morgan fingerprint density at radius 3 is 2.53 bits per heavy atom. The van der Waals surface area contributed by atoms with Crippen LogP contribution in [-0.2, 0) is 4.79 Å². The monoisotopic (exact) mass is 236 g/mol. The van der Waals surface area contributed by atoms with Gasteiger partial charge in [0.05, 0.1) is 18.6 Å². The number of carbonyl (C=O) groups is 2. The maximum atomic E-state index is 12.0. The van der Waals surface area contributed by atoms with E-state index in [9.17, 15) is 9.59 Å². The van der Waals surface area contributed by atoms with Crippen LogP contribution < -0.4 is 4.74 Å². The van der Waals surface area contributed by atoms with E-state index in [-0.39, 0.29) is 12.2 Å². The Bertz CT molecular complexity index is 412. The van der Waals surface area contributed by atoms with Crippen LogP contribution in [0, 0.1) is 5.92 Å². The Labute approximate surface area is 100 Å². The number of carboxylic acid groups (broad SMARTS) is 1. The lowest BCUT2D eigenvalue weighted by Gasteiger charge is -2.10. The summed E-state index contributed by atoms with van der Waals surface area (Å²) < 4.78 is 5.07. The molecule has 0 heterocycles. The third-order valence-electron chi connectivity index (χ3n) is 2.68. The molecule has 0 radical (unpaired) electrons. The molecule has 1 N–H and O–H groups in total. The number of ketones is 1. The van der Waals surface area contributed by atoms with Crippen molar-refractivity contribution >= 4 is 11.8 Å². The molecule has 1 aromatic rings. The van der Waals surface area contributed by atoms with Crippen molar-refractivity contribution in [1.82, 2.24) is 0 Å². The standard InChI is InChI=1S/C13H16O4/c1-3-9(13(15)16)8-11(14)10-6-4-5-7-12(10)17-2/h4-7,9H,3,8H2,1-2H3,(H,15,16). The van der Waals surface area contributed by atoms with Crippen molar-refractivity contribution in [2.45, 2.75) is 19.8 Å². The van der Waals surface area contributed by atoms with Gasteiger partial charge in [-0.05, 0) is 18.6 Å². The highest BCUT2D eigenvalue weighted by Gasteiger charge is 2.21. The van der Waals surface area contributed by atoms with Crippen molar-refractivity contribution in [1.29, 1.82) is 0 Å². The van der Waals surface area contributed by atoms with E-state index in [1.807, 2.05) is 0 Å². The summed E-state index contributed by atoms with van der Waals surface area (Å²) >= 11 is 0. The molecule has 92 valence electrons.